The van der Waals surface area contributed by atoms with Crippen LogP contribution in [0.2, 0.25) is 0 Å². The third kappa shape index (κ3) is 5.43. The minimum atomic E-state index is -0.0629. The molecule has 2 aromatic carbocycles. The number of nitrogens with one attached hydrogen (secondary N) is 2. The van der Waals surface area contributed by atoms with E-state index in [9.17, 15) is 4.79 Å². The molecule has 144 valence electrons. The van der Waals surface area contributed by atoms with E-state index in [0.29, 0.717) is 23.3 Å². The van der Waals surface area contributed by atoms with Gasteiger partial charge in [-0.2, -0.15) is 15.0 Å². The van der Waals surface area contributed by atoms with Crippen LogP contribution in [-0.4, -0.2) is 26.6 Å². The highest BCUT2D eigenvalue weighted by molar-refractivity contribution is 7.99. The fourth-order valence-corrected chi connectivity index (χ4v) is 3.30. The molecular formula is C20H22N6OS. The fourth-order valence-electron chi connectivity index (χ4n) is 2.63. The third-order valence-electron chi connectivity index (χ3n) is 3.94. The molecule has 0 radical (unpaired) electrons. The molecule has 0 saturated heterocycles. The topological polar surface area (TPSA) is 106 Å². The minimum absolute atomic E-state index is 0.0629. The second kappa shape index (κ2) is 9.18. The zero-order chi connectivity index (χ0) is 19.9. The molecule has 4 N–H and O–H groups in total. The zero-order valence-corrected chi connectivity index (χ0v) is 16.6. The molecular weight excluding hydrogens is 372 g/mol. The van der Waals surface area contributed by atoms with Gasteiger partial charge in [-0.15, -0.1) is 11.8 Å². The summed E-state index contributed by atoms with van der Waals surface area (Å²) in [7, 11) is 0. The van der Waals surface area contributed by atoms with Crippen molar-refractivity contribution in [3.05, 3.63) is 65.5 Å². The number of rotatable bonds is 7. The van der Waals surface area contributed by atoms with E-state index < -0.39 is 0 Å². The van der Waals surface area contributed by atoms with E-state index in [1.54, 1.807) is 0 Å². The standard InChI is InChI=1S/C20H22N6OS/c1-13-7-6-8-14(2)18(13)25-17(27)12-28-11-16-23-19(21)26-20(24-16)22-15-9-4-3-5-10-15/h3-10H,11-12H2,1-2H3,(H,25,27)(H3,21,22,23,24,26). The second-order valence-electron chi connectivity index (χ2n) is 6.23. The number of thioether (sulfide) groups is 1. The number of benzene rings is 2. The summed E-state index contributed by atoms with van der Waals surface area (Å²) in [5.74, 6) is 1.73. The highest BCUT2D eigenvalue weighted by Crippen LogP contribution is 2.20. The predicted octanol–water partition coefficient (Wildman–Crippen LogP) is 3.69. The summed E-state index contributed by atoms with van der Waals surface area (Å²) in [5.41, 5.74) is 9.60. The van der Waals surface area contributed by atoms with E-state index in [4.69, 9.17) is 5.73 Å². The van der Waals surface area contributed by atoms with Crippen molar-refractivity contribution in [1.29, 1.82) is 0 Å². The average Bonchev–Trinajstić information content (AvgIpc) is 2.65. The zero-order valence-electron chi connectivity index (χ0n) is 15.8. The minimum Gasteiger partial charge on any atom is -0.368 e. The monoisotopic (exact) mass is 394 g/mol. The summed E-state index contributed by atoms with van der Waals surface area (Å²) >= 11 is 1.42. The van der Waals surface area contributed by atoms with Crippen LogP contribution in [0.25, 0.3) is 0 Å². The fraction of sp³-hybridized carbons (Fsp3) is 0.200. The van der Waals surface area contributed by atoms with E-state index in [0.717, 1.165) is 22.5 Å². The van der Waals surface area contributed by atoms with E-state index in [1.807, 2.05) is 62.4 Å². The SMILES string of the molecule is Cc1cccc(C)c1NC(=O)CSCc1nc(N)nc(Nc2ccccc2)n1. The molecule has 7 nitrogen and oxygen atoms in total. The van der Waals surface area contributed by atoms with Crippen LogP contribution in [-0.2, 0) is 10.5 Å². The molecule has 3 rings (SSSR count). The first kappa shape index (κ1) is 19.6. The first-order chi connectivity index (χ1) is 13.5. The number of nitrogens with zero attached hydrogens (tertiary/aromatic N) is 3. The molecule has 0 aliphatic rings. The third-order valence-corrected chi connectivity index (χ3v) is 4.87. The van der Waals surface area contributed by atoms with E-state index >= 15 is 0 Å². The maximum absolute atomic E-state index is 12.3. The largest absolute Gasteiger partial charge is 0.368 e. The van der Waals surface area contributed by atoms with Crippen LogP contribution in [0.3, 0.4) is 0 Å². The summed E-state index contributed by atoms with van der Waals surface area (Å²) in [6, 6.07) is 15.5. The molecule has 0 bridgehead atoms. The number of hydrogen-bond donors (Lipinski definition) is 3. The van der Waals surface area contributed by atoms with Crippen LogP contribution >= 0.6 is 11.8 Å². The lowest BCUT2D eigenvalue weighted by molar-refractivity contribution is -0.113. The molecule has 1 heterocycles. The van der Waals surface area contributed by atoms with Crippen molar-refractivity contribution in [3.8, 4) is 0 Å². The Morgan fingerprint density at radius 3 is 2.43 bits per heavy atom. The van der Waals surface area contributed by atoms with Gasteiger partial charge in [-0.1, -0.05) is 36.4 Å². The quantitative estimate of drug-likeness (QED) is 0.561. The lowest BCUT2D eigenvalue weighted by atomic mass is 10.1. The van der Waals surface area contributed by atoms with Gasteiger partial charge in [0.2, 0.25) is 17.8 Å². The van der Waals surface area contributed by atoms with Crippen molar-refractivity contribution in [3.63, 3.8) is 0 Å². The highest BCUT2D eigenvalue weighted by atomic mass is 32.2. The molecule has 3 aromatic rings. The van der Waals surface area contributed by atoms with Gasteiger partial charge in [-0.05, 0) is 37.1 Å². The van der Waals surface area contributed by atoms with Gasteiger partial charge in [0.05, 0.1) is 11.5 Å². The van der Waals surface area contributed by atoms with Gasteiger partial charge in [0.25, 0.3) is 0 Å². The van der Waals surface area contributed by atoms with E-state index in [-0.39, 0.29) is 11.9 Å². The number of para-hydroxylation sites is 2. The van der Waals surface area contributed by atoms with E-state index in [2.05, 4.69) is 25.6 Å². The number of anilines is 4. The first-order valence-electron chi connectivity index (χ1n) is 8.77. The Kier molecular flexibility index (Phi) is 6.44. The predicted molar refractivity (Wildman–Crippen MR) is 115 cm³/mol. The number of nitrogen functional groups attached to an aromatic ring is 1. The highest BCUT2D eigenvalue weighted by Gasteiger charge is 2.09. The Hall–Kier alpha value is -3.13. The van der Waals surface area contributed by atoms with Gasteiger partial charge < -0.3 is 16.4 Å². The summed E-state index contributed by atoms with van der Waals surface area (Å²) < 4.78 is 0. The van der Waals surface area contributed by atoms with Gasteiger partial charge in [-0.25, -0.2) is 0 Å². The summed E-state index contributed by atoms with van der Waals surface area (Å²) in [6.45, 7) is 3.95. The number of aryl methyl sites for hydroxylation is 2. The maximum atomic E-state index is 12.3. The first-order valence-corrected chi connectivity index (χ1v) is 9.93. The molecule has 0 atom stereocenters. The lowest BCUT2D eigenvalue weighted by Gasteiger charge is -2.11. The van der Waals surface area contributed by atoms with Gasteiger partial charge in [0.1, 0.15) is 5.82 Å². The number of carbonyl (C=O) groups excluding carboxylic acids is 1. The molecule has 0 fully saturated rings. The van der Waals surface area contributed by atoms with Crippen molar-refractivity contribution < 1.29 is 4.79 Å². The van der Waals surface area contributed by atoms with Crippen molar-refractivity contribution in [2.24, 2.45) is 0 Å². The van der Waals surface area contributed by atoms with Gasteiger partial charge in [-0.3, -0.25) is 4.79 Å². The molecule has 1 aromatic heterocycles. The molecule has 0 aliphatic heterocycles. The molecule has 1 amide bonds. The van der Waals surface area contributed by atoms with Crippen molar-refractivity contribution in [1.82, 2.24) is 15.0 Å². The molecule has 0 saturated carbocycles. The van der Waals surface area contributed by atoms with Crippen molar-refractivity contribution >= 4 is 40.9 Å². The van der Waals surface area contributed by atoms with E-state index in [1.165, 1.54) is 11.8 Å². The Labute approximate surface area is 168 Å². The van der Waals surface area contributed by atoms with Gasteiger partial charge in [0.15, 0.2) is 0 Å². The number of aromatic nitrogens is 3. The number of nitrogens with two attached hydrogens (primary N) is 1. The van der Waals surface area contributed by atoms with Crippen LogP contribution in [0, 0.1) is 13.8 Å². The Morgan fingerprint density at radius 1 is 1.00 bits per heavy atom. The molecule has 0 aliphatic carbocycles. The molecule has 28 heavy (non-hydrogen) atoms. The van der Waals surface area contributed by atoms with Crippen LogP contribution < -0.4 is 16.4 Å². The van der Waals surface area contributed by atoms with Gasteiger partial charge >= 0.3 is 0 Å². The lowest BCUT2D eigenvalue weighted by Crippen LogP contribution is -2.16. The summed E-state index contributed by atoms with van der Waals surface area (Å²) in [6.07, 6.45) is 0. The number of amides is 1. The molecule has 0 spiro atoms. The normalized spacial score (nSPS) is 10.5. The Bertz CT molecular complexity index is 944. The number of hydrogen-bond acceptors (Lipinski definition) is 7. The smallest absolute Gasteiger partial charge is 0.234 e. The Morgan fingerprint density at radius 2 is 1.71 bits per heavy atom. The maximum Gasteiger partial charge on any atom is 0.234 e. The number of carbonyl (C=O) groups is 1. The van der Waals surface area contributed by atoms with Crippen LogP contribution in [0.5, 0.6) is 0 Å². The van der Waals surface area contributed by atoms with Crippen LogP contribution in [0.4, 0.5) is 23.3 Å². The average molecular weight is 395 g/mol. The molecule has 0 unspecified atom stereocenters. The van der Waals surface area contributed by atoms with Crippen LogP contribution in [0.1, 0.15) is 17.0 Å². The summed E-state index contributed by atoms with van der Waals surface area (Å²) in [4.78, 5) is 24.9. The van der Waals surface area contributed by atoms with Gasteiger partial charge in [0, 0.05) is 11.4 Å². The van der Waals surface area contributed by atoms with Crippen molar-refractivity contribution in [2.45, 2.75) is 19.6 Å². The van der Waals surface area contributed by atoms with Crippen molar-refractivity contribution in [2.75, 3.05) is 22.1 Å². The Balaban J connectivity index is 1.56. The van der Waals surface area contributed by atoms with Crippen LogP contribution in [0.15, 0.2) is 48.5 Å². The summed E-state index contributed by atoms with van der Waals surface area (Å²) in [5, 5.41) is 6.07. The molecule has 8 heteroatoms. The second-order valence-corrected chi connectivity index (χ2v) is 7.22.